The van der Waals surface area contributed by atoms with E-state index in [9.17, 15) is 9.90 Å². The van der Waals surface area contributed by atoms with Gasteiger partial charge in [-0.05, 0) is 12.8 Å². The number of carboxylic acids is 1. The van der Waals surface area contributed by atoms with Gasteiger partial charge < -0.3 is 24.9 Å². The third-order valence-corrected chi connectivity index (χ3v) is 3.98. The summed E-state index contributed by atoms with van der Waals surface area (Å²) in [4.78, 5) is 18.7. The van der Waals surface area contributed by atoms with Gasteiger partial charge in [-0.1, -0.05) is 96.8 Å². The molecular weight excluding hydrogens is 333 g/mol. The van der Waals surface area contributed by atoms with Crippen LogP contribution in [-0.4, -0.2) is 40.3 Å². The van der Waals surface area contributed by atoms with E-state index in [-0.39, 0.29) is 29.5 Å². The van der Waals surface area contributed by atoms with Gasteiger partial charge in [-0.25, -0.2) is 0 Å². The molecule has 0 spiro atoms. The van der Waals surface area contributed by atoms with Crippen molar-refractivity contribution >= 4 is 35.2 Å². The summed E-state index contributed by atoms with van der Waals surface area (Å²) in [7, 11) is 0. The van der Waals surface area contributed by atoms with Gasteiger partial charge in [0.05, 0.1) is 0 Å². The van der Waals surface area contributed by atoms with E-state index < -0.39 is 12.1 Å². The second-order valence-corrected chi connectivity index (χ2v) is 6.34. The first-order chi connectivity index (χ1) is 11.5. The van der Waals surface area contributed by atoms with Gasteiger partial charge in [0.15, 0.2) is 0 Å². The molecule has 0 saturated heterocycles. The van der Waals surface area contributed by atoms with E-state index in [1.165, 1.54) is 83.5 Å². The molecule has 0 aromatic rings. The zero-order valence-corrected chi connectivity index (χ0v) is 17.5. The van der Waals surface area contributed by atoms with Crippen LogP contribution in [-0.2, 0) is 4.79 Å². The first-order valence-corrected chi connectivity index (χ1v) is 9.60. The van der Waals surface area contributed by atoms with Crippen molar-refractivity contribution in [2.45, 2.75) is 110 Å². The van der Waals surface area contributed by atoms with E-state index in [0.717, 1.165) is 12.8 Å². The number of rotatable bonds is 16. The molecule has 0 aliphatic rings. The van der Waals surface area contributed by atoms with E-state index in [1.54, 1.807) is 0 Å². The third kappa shape index (κ3) is 39.9. The van der Waals surface area contributed by atoms with Crippen molar-refractivity contribution in [2.24, 2.45) is 0 Å². The quantitative estimate of drug-likeness (QED) is 0.332. The summed E-state index contributed by atoms with van der Waals surface area (Å²) in [5, 5.41) is 25.5. The predicted octanol–water partition coefficient (Wildman–Crippen LogP) is 3.50. The Morgan fingerprint density at radius 3 is 1.12 bits per heavy atom. The number of carboxylic acid groups (broad SMARTS) is 3. The predicted molar refractivity (Wildman–Crippen MR) is 98.3 cm³/mol. The fourth-order valence-corrected chi connectivity index (χ4v) is 2.64. The van der Waals surface area contributed by atoms with E-state index in [4.69, 9.17) is 15.0 Å². The van der Waals surface area contributed by atoms with Gasteiger partial charge in [0.25, 0.3) is 0 Å². The molecule has 0 radical (unpaired) electrons. The molecule has 0 bridgehead atoms. The first kappa shape index (κ1) is 29.3. The second kappa shape index (κ2) is 25.7. The van der Waals surface area contributed by atoms with Crippen LogP contribution in [0.3, 0.4) is 0 Å². The molecule has 0 atom stereocenters. The average Bonchev–Trinajstić information content (AvgIpc) is 2.50. The molecule has 0 saturated carbocycles. The fraction of sp³-hybridized carbons (Fsp3) is 0.895. The summed E-state index contributed by atoms with van der Waals surface area (Å²) >= 11 is 0. The normalized spacial score (nSPS) is 9.64. The van der Waals surface area contributed by atoms with E-state index in [2.05, 4.69) is 6.92 Å². The van der Waals surface area contributed by atoms with Gasteiger partial charge in [0, 0.05) is 5.97 Å². The Hall–Kier alpha value is -0.494. The van der Waals surface area contributed by atoms with Crippen LogP contribution in [0.15, 0.2) is 0 Å². The Morgan fingerprint density at radius 2 is 0.880 bits per heavy atom. The molecule has 0 aliphatic heterocycles. The van der Waals surface area contributed by atoms with Gasteiger partial charge in [0.1, 0.15) is 0 Å². The molecular formula is C19H36MgO5. The summed E-state index contributed by atoms with van der Waals surface area (Å²) in [6.45, 7) is 2.27. The first-order valence-electron chi connectivity index (χ1n) is 9.60. The Morgan fingerprint density at radius 1 is 0.640 bits per heavy atom. The van der Waals surface area contributed by atoms with Crippen molar-refractivity contribution in [3.63, 3.8) is 0 Å². The third-order valence-electron chi connectivity index (χ3n) is 3.98. The number of aliphatic carboxylic acids is 1. The minimum atomic E-state index is -2.08. The van der Waals surface area contributed by atoms with Crippen LogP contribution >= 0.6 is 0 Å². The van der Waals surface area contributed by atoms with Crippen LogP contribution in [0.25, 0.3) is 0 Å². The molecule has 0 rings (SSSR count). The average molecular weight is 369 g/mol. The van der Waals surface area contributed by atoms with Gasteiger partial charge in [0.2, 0.25) is 6.16 Å². The van der Waals surface area contributed by atoms with Crippen molar-refractivity contribution in [2.75, 3.05) is 0 Å². The van der Waals surface area contributed by atoms with Crippen molar-refractivity contribution in [1.82, 2.24) is 0 Å². The molecule has 0 amide bonds. The topological polar surface area (TPSA) is 100 Å². The molecule has 0 aromatic carbocycles. The van der Waals surface area contributed by atoms with Crippen molar-refractivity contribution in [1.29, 1.82) is 0 Å². The number of carbonyl (C=O) groups is 2. The number of hydrogen-bond donors (Lipinski definition) is 1. The number of hydrogen-bond acceptors (Lipinski definition) is 4. The summed E-state index contributed by atoms with van der Waals surface area (Å²) in [6, 6.07) is 0. The van der Waals surface area contributed by atoms with Crippen LogP contribution in [0.1, 0.15) is 110 Å². The van der Waals surface area contributed by atoms with Crippen LogP contribution < -0.4 is 10.2 Å². The van der Waals surface area contributed by atoms with E-state index in [0.29, 0.717) is 0 Å². The molecule has 0 fully saturated rings. The van der Waals surface area contributed by atoms with Gasteiger partial charge in [-0.15, -0.1) is 0 Å². The van der Waals surface area contributed by atoms with Crippen LogP contribution in [0.5, 0.6) is 0 Å². The van der Waals surface area contributed by atoms with Crippen LogP contribution in [0, 0.1) is 0 Å². The number of unbranched alkanes of at least 4 members (excludes halogenated alkanes) is 14. The molecule has 144 valence electrons. The molecule has 0 unspecified atom stereocenters. The second-order valence-electron chi connectivity index (χ2n) is 6.34. The summed E-state index contributed by atoms with van der Waals surface area (Å²) in [5.74, 6) is -0.903. The molecule has 5 nitrogen and oxygen atoms in total. The van der Waals surface area contributed by atoms with Crippen molar-refractivity contribution in [3.05, 3.63) is 0 Å². The Kier molecular flexibility index (Phi) is 30.1. The maximum Gasteiger partial charge on any atom is 2.00 e. The molecule has 0 aliphatic carbocycles. The monoisotopic (exact) mass is 368 g/mol. The van der Waals surface area contributed by atoms with Crippen molar-refractivity contribution < 1.29 is 24.9 Å². The molecule has 6 heteroatoms. The summed E-state index contributed by atoms with van der Waals surface area (Å²) in [5.41, 5.74) is 0. The Labute approximate surface area is 169 Å². The van der Waals surface area contributed by atoms with Gasteiger partial charge >= 0.3 is 23.1 Å². The van der Waals surface area contributed by atoms with E-state index in [1.807, 2.05) is 0 Å². The van der Waals surface area contributed by atoms with Crippen molar-refractivity contribution in [3.8, 4) is 0 Å². The largest absolute Gasteiger partial charge is 2.00 e. The zero-order chi connectivity index (χ0) is 18.5. The summed E-state index contributed by atoms with van der Waals surface area (Å²) in [6.07, 6.45) is 17.8. The van der Waals surface area contributed by atoms with Gasteiger partial charge in [-0.2, -0.15) is 0 Å². The Balaban J connectivity index is -0.000000867. The molecule has 0 aromatic heterocycles. The zero-order valence-electron chi connectivity index (χ0n) is 16.1. The van der Waals surface area contributed by atoms with Gasteiger partial charge in [-0.3, -0.25) is 0 Å². The standard InChI is InChI=1S/C18H36O2.CH2O3.Mg/c1-2-3-4-5-6-7-8-9-10-11-12-13-14-15-16-17-18(19)20;2-1(3)4;/h2-17H2,1H3,(H,19,20);(H2,2,3,4);/q;;+2/p-2. The minimum Gasteiger partial charge on any atom is -0.565 e. The maximum atomic E-state index is 10.2. The smallest absolute Gasteiger partial charge is 0.565 e. The maximum absolute atomic E-state index is 10.2. The molecule has 25 heavy (non-hydrogen) atoms. The SMILES string of the molecule is CCCCCCCCCCCCCCCCCC(=O)[O-].O=C([O-])O.[Mg+2]. The minimum absolute atomic E-state index is 0. The molecule has 1 N–H and O–H groups in total. The van der Waals surface area contributed by atoms with Crippen LogP contribution in [0.4, 0.5) is 4.79 Å². The Bertz CT molecular complexity index is 281. The fourth-order valence-electron chi connectivity index (χ4n) is 2.64. The summed E-state index contributed by atoms with van der Waals surface area (Å²) < 4.78 is 0. The van der Waals surface area contributed by atoms with Crippen LogP contribution in [0.2, 0.25) is 0 Å². The number of carbonyl (C=O) groups excluding carboxylic acids is 1. The molecule has 0 heterocycles. The van der Waals surface area contributed by atoms with E-state index >= 15 is 0 Å².